The number of hydrogen-bond donors (Lipinski definition) is 1. The summed E-state index contributed by atoms with van der Waals surface area (Å²) in [4.78, 5) is 15.5. The van der Waals surface area contributed by atoms with Gasteiger partial charge in [0.2, 0.25) is 0 Å². The fraction of sp³-hybridized carbons (Fsp3) is 0.278. The summed E-state index contributed by atoms with van der Waals surface area (Å²) in [7, 11) is 0. The van der Waals surface area contributed by atoms with Crippen LogP contribution in [0.2, 0.25) is 5.02 Å². The van der Waals surface area contributed by atoms with E-state index in [9.17, 15) is 4.79 Å². The molecular weight excluding hydrogens is 340 g/mol. The van der Waals surface area contributed by atoms with Crippen molar-refractivity contribution in [2.75, 3.05) is 6.61 Å². The van der Waals surface area contributed by atoms with E-state index in [1.807, 2.05) is 23.7 Å². The molecular formula is C18H19ClN4O2. The van der Waals surface area contributed by atoms with Crippen molar-refractivity contribution in [2.45, 2.75) is 26.8 Å². The minimum absolute atomic E-state index is 0.212. The predicted molar refractivity (Wildman–Crippen MR) is 97.8 cm³/mol. The average molecular weight is 359 g/mol. The molecule has 2 N–H and O–H groups in total. The quantitative estimate of drug-likeness (QED) is 0.756. The molecule has 0 bridgehead atoms. The summed E-state index contributed by atoms with van der Waals surface area (Å²) in [6, 6.07) is 7.60. The molecule has 0 aliphatic heterocycles. The van der Waals surface area contributed by atoms with Gasteiger partial charge in [0.05, 0.1) is 22.4 Å². The molecule has 7 heteroatoms. The Morgan fingerprint density at radius 2 is 2.12 bits per heavy atom. The van der Waals surface area contributed by atoms with Crippen molar-refractivity contribution in [3.8, 4) is 17.0 Å². The molecule has 1 amide bonds. The van der Waals surface area contributed by atoms with Crippen LogP contribution in [0.25, 0.3) is 22.3 Å². The van der Waals surface area contributed by atoms with Gasteiger partial charge in [-0.05, 0) is 50.6 Å². The zero-order chi connectivity index (χ0) is 18.1. The monoisotopic (exact) mass is 358 g/mol. The Bertz CT molecular complexity index is 950. The van der Waals surface area contributed by atoms with Gasteiger partial charge in [0, 0.05) is 11.6 Å². The number of aryl methyl sites for hydroxylation is 1. The minimum atomic E-state index is -0.551. The number of hydrogen-bond acceptors (Lipinski definition) is 4. The number of benzene rings is 1. The minimum Gasteiger partial charge on any atom is -0.482 e. The van der Waals surface area contributed by atoms with Crippen LogP contribution in [0.3, 0.4) is 0 Å². The first-order valence-electron chi connectivity index (χ1n) is 7.92. The number of carbonyl (C=O) groups excluding carboxylic acids is 1. The van der Waals surface area contributed by atoms with Crippen molar-refractivity contribution in [1.29, 1.82) is 0 Å². The maximum Gasteiger partial charge on any atom is 0.255 e. The Morgan fingerprint density at radius 1 is 1.36 bits per heavy atom. The van der Waals surface area contributed by atoms with E-state index in [4.69, 9.17) is 27.1 Å². The number of fused-ring (bicyclic) bond motifs is 1. The Morgan fingerprint density at radius 3 is 2.76 bits per heavy atom. The molecule has 2 aromatic heterocycles. The third kappa shape index (κ3) is 3.44. The van der Waals surface area contributed by atoms with Crippen molar-refractivity contribution in [3.05, 3.63) is 41.0 Å². The van der Waals surface area contributed by atoms with Crippen molar-refractivity contribution in [1.82, 2.24) is 14.8 Å². The lowest BCUT2D eigenvalue weighted by Gasteiger charge is -2.11. The molecule has 3 aromatic rings. The van der Waals surface area contributed by atoms with Crippen molar-refractivity contribution >= 4 is 28.5 Å². The number of rotatable bonds is 5. The Labute approximate surface area is 150 Å². The Kier molecular flexibility index (Phi) is 4.63. The van der Waals surface area contributed by atoms with Crippen LogP contribution in [-0.4, -0.2) is 27.3 Å². The summed E-state index contributed by atoms with van der Waals surface area (Å²) in [6.45, 7) is 6.01. The predicted octanol–water partition coefficient (Wildman–Crippen LogP) is 3.51. The highest BCUT2D eigenvalue weighted by atomic mass is 35.5. The highest BCUT2D eigenvalue weighted by Gasteiger charge is 2.13. The highest BCUT2D eigenvalue weighted by Crippen LogP contribution is 2.31. The molecule has 0 unspecified atom stereocenters. The van der Waals surface area contributed by atoms with E-state index in [0.717, 1.165) is 27.9 Å². The molecule has 6 nitrogen and oxygen atoms in total. The third-order valence-corrected chi connectivity index (χ3v) is 4.13. The number of halogens is 1. The lowest BCUT2D eigenvalue weighted by Crippen LogP contribution is -2.20. The molecule has 0 saturated carbocycles. The molecule has 3 rings (SSSR count). The lowest BCUT2D eigenvalue weighted by molar-refractivity contribution is -0.119. The Hall–Kier alpha value is -2.60. The van der Waals surface area contributed by atoms with Crippen molar-refractivity contribution in [2.24, 2.45) is 5.73 Å². The van der Waals surface area contributed by atoms with Gasteiger partial charge >= 0.3 is 0 Å². The molecule has 25 heavy (non-hydrogen) atoms. The molecule has 130 valence electrons. The largest absolute Gasteiger partial charge is 0.482 e. The molecule has 2 heterocycles. The fourth-order valence-corrected chi connectivity index (χ4v) is 2.95. The standard InChI is InChI=1S/C18H19ClN4O2/c1-10(2)23-18-11(3)6-14(22-15(18)8-21-23)12-4-5-16(13(19)7-12)25-9-17(20)24/h4-8,10H,9H2,1-3H3,(H2,20,24). The number of nitrogens with zero attached hydrogens (tertiary/aromatic N) is 3. The number of carbonyl (C=O) groups is 1. The Balaban J connectivity index is 1.99. The van der Waals surface area contributed by atoms with Crippen LogP contribution >= 0.6 is 11.6 Å². The maximum absolute atomic E-state index is 10.8. The van der Waals surface area contributed by atoms with Crippen LogP contribution in [0.15, 0.2) is 30.5 Å². The molecule has 0 saturated heterocycles. The summed E-state index contributed by atoms with van der Waals surface area (Å²) in [5, 5.41) is 4.83. The van der Waals surface area contributed by atoms with Gasteiger partial charge in [-0.3, -0.25) is 9.48 Å². The molecule has 0 atom stereocenters. The number of aromatic nitrogens is 3. The summed E-state index contributed by atoms with van der Waals surface area (Å²) < 4.78 is 7.24. The molecule has 0 fully saturated rings. The molecule has 0 aliphatic rings. The highest BCUT2D eigenvalue weighted by molar-refractivity contribution is 6.32. The van der Waals surface area contributed by atoms with Gasteiger partial charge in [-0.2, -0.15) is 5.10 Å². The average Bonchev–Trinajstić information content (AvgIpc) is 2.98. The smallest absolute Gasteiger partial charge is 0.255 e. The van der Waals surface area contributed by atoms with Crippen LogP contribution in [-0.2, 0) is 4.79 Å². The summed E-state index contributed by atoms with van der Waals surface area (Å²) in [5.74, 6) is -0.139. The van der Waals surface area contributed by atoms with E-state index in [1.54, 1.807) is 18.3 Å². The van der Waals surface area contributed by atoms with Crippen molar-refractivity contribution < 1.29 is 9.53 Å². The normalized spacial score (nSPS) is 11.2. The van der Waals surface area contributed by atoms with Crippen LogP contribution in [0.1, 0.15) is 25.5 Å². The zero-order valence-electron chi connectivity index (χ0n) is 14.3. The van der Waals surface area contributed by atoms with Gasteiger partial charge in [0.1, 0.15) is 11.3 Å². The van der Waals surface area contributed by atoms with Gasteiger partial charge in [-0.1, -0.05) is 11.6 Å². The van der Waals surface area contributed by atoms with Gasteiger partial charge in [-0.15, -0.1) is 0 Å². The number of primary amides is 1. The van der Waals surface area contributed by atoms with E-state index >= 15 is 0 Å². The van der Waals surface area contributed by atoms with Crippen LogP contribution in [0, 0.1) is 6.92 Å². The lowest BCUT2D eigenvalue weighted by atomic mass is 10.1. The van der Waals surface area contributed by atoms with E-state index < -0.39 is 5.91 Å². The molecule has 0 radical (unpaired) electrons. The van der Waals surface area contributed by atoms with E-state index in [-0.39, 0.29) is 12.6 Å². The number of nitrogens with two attached hydrogens (primary N) is 1. The van der Waals surface area contributed by atoms with Crippen LogP contribution in [0.4, 0.5) is 0 Å². The molecule has 1 aromatic carbocycles. The van der Waals surface area contributed by atoms with Gasteiger partial charge in [0.25, 0.3) is 5.91 Å². The van der Waals surface area contributed by atoms with E-state index in [2.05, 4.69) is 18.9 Å². The third-order valence-electron chi connectivity index (χ3n) is 3.83. The van der Waals surface area contributed by atoms with Crippen molar-refractivity contribution in [3.63, 3.8) is 0 Å². The molecule has 0 aliphatic carbocycles. The number of amides is 1. The zero-order valence-corrected chi connectivity index (χ0v) is 15.0. The van der Waals surface area contributed by atoms with Crippen LogP contribution < -0.4 is 10.5 Å². The first-order valence-corrected chi connectivity index (χ1v) is 8.30. The summed E-state index contributed by atoms with van der Waals surface area (Å²) >= 11 is 6.25. The first-order chi connectivity index (χ1) is 11.9. The number of ether oxygens (including phenoxy) is 1. The topological polar surface area (TPSA) is 83.0 Å². The second kappa shape index (κ2) is 6.72. The van der Waals surface area contributed by atoms with Gasteiger partial charge in [-0.25, -0.2) is 4.98 Å². The maximum atomic E-state index is 10.8. The van der Waals surface area contributed by atoms with Gasteiger partial charge < -0.3 is 10.5 Å². The van der Waals surface area contributed by atoms with E-state index in [1.165, 1.54) is 0 Å². The SMILES string of the molecule is Cc1cc(-c2ccc(OCC(N)=O)c(Cl)c2)nc2cnn(C(C)C)c12. The van der Waals surface area contributed by atoms with E-state index in [0.29, 0.717) is 10.8 Å². The number of pyridine rings is 1. The second-order valence-corrected chi connectivity index (χ2v) is 6.55. The first kappa shape index (κ1) is 17.2. The fourth-order valence-electron chi connectivity index (χ4n) is 2.72. The van der Waals surface area contributed by atoms with Crippen LogP contribution in [0.5, 0.6) is 5.75 Å². The summed E-state index contributed by atoms with van der Waals surface area (Å²) in [5.41, 5.74) is 9.71. The second-order valence-electron chi connectivity index (χ2n) is 6.14. The molecule has 0 spiro atoms. The summed E-state index contributed by atoms with van der Waals surface area (Å²) in [6.07, 6.45) is 1.78. The van der Waals surface area contributed by atoms with Gasteiger partial charge in [0.15, 0.2) is 6.61 Å².